The van der Waals surface area contributed by atoms with Crippen LogP contribution < -0.4 is 11.1 Å². The predicted molar refractivity (Wildman–Crippen MR) is 75.2 cm³/mol. The lowest BCUT2D eigenvalue weighted by Crippen LogP contribution is -2.45. The van der Waals surface area contributed by atoms with Gasteiger partial charge in [-0.3, -0.25) is 4.79 Å². The quantitative estimate of drug-likeness (QED) is 0.900. The number of hydrogen-bond acceptors (Lipinski definition) is 2. The van der Waals surface area contributed by atoms with E-state index in [1.165, 1.54) is 0 Å². The van der Waals surface area contributed by atoms with Crippen LogP contribution in [0.4, 0.5) is 8.78 Å². The Kier molecular flexibility index (Phi) is 3.69. The average molecular weight is 294 g/mol. The molecule has 5 unspecified atom stereocenters. The molecule has 1 amide bonds. The first-order chi connectivity index (χ1) is 9.97. The van der Waals surface area contributed by atoms with Gasteiger partial charge < -0.3 is 11.1 Å². The molecule has 3 rings (SSSR count). The van der Waals surface area contributed by atoms with Crippen LogP contribution in [-0.4, -0.2) is 11.9 Å². The Bertz CT molecular complexity index is 561. The molecule has 5 heteroatoms. The van der Waals surface area contributed by atoms with Gasteiger partial charge in [0.15, 0.2) is 0 Å². The summed E-state index contributed by atoms with van der Waals surface area (Å²) in [4.78, 5) is 12.4. The lowest BCUT2D eigenvalue weighted by atomic mass is 9.84. The summed E-state index contributed by atoms with van der Waals surface area (Å²) in [5.41, 5.74) is 6.31. The minimum atomic E-state index is -0.570. The normalized spacial score (nSPS) is 32.2. The van der Waals surface area contributed by atoms with Gasteiger partial charge in [0.2, 0.25) is 5.91 Å². The van der Waals surface area contributed by atoms with Crippen molar-refractivity contribution in [3.8, 4) is 0 Å². The van der Waals surface area contributed by atoms with Crippen molar-refractivity contribution in [1.82, 2.24) is 5.32 Å². The number of fused-ring (bicyclic) bond motifs is 2. The molecule has 2 aliphatic rings. The zero-order valence-corrected chi connectivity index (χ0v) is 12.0. The lowest BCUT2D eigenvalue weighted by Gasteiger charge is -2.28. The first-order valence-corrected chi connectivity index (χ1v) is 7.48. The zero-order valence-electron chi connectivity index (χ0n) is 12.0. The third-order valence-electron chi connectivity index (χ3n) is 5.07. The Morgan fingerprint density at radius 1 is 1.33 bits per heavy atom. The van der Waals surface area contributed by atoms with Crippen LogP contribution in [0.15, 0.2) is 18.2 Å². The van der Waals surface area contributed by atoms with E-state index in [-0.39, 0.29) is 23.4 Å². The third-order valence-corrected chi connectivity index (χ3v) is 5.07. The van der Waals surface area contributed by atoms with E-state index >= 15 is 0 Å². The van der Waals surface area contributed by atoms with Gasteiger partial charge in [0.05, 0.1) is 12.0 Å². The SMILES string of the molecule is CC(NC(=O)C1C2CCC(C2)C1N)c1cc(F)ccc1F. The van der Waals surface area contributed by atoms with Gasteiger partial charge >= 0.3 is 0 Å². The molecule has 2 aliphatic carbocycles. The Morgan fingerprint density at radius 3 is 2.71 bits per heavy atom. The molecule has 3 nitrogen and oxygen atoms in total. The number of rotatable bonds is 3. The molecule has 0 aromatic heterocycles. The number of benzene rings is 1. The van der Waals surface area contributed by atoms with E-state index in [9.17, 15) is 13.6 Å². The standard InChI is InChI=1S/C16H20F2N2O/c1-8(12-7-11(17)4-5-13(12)18)20-16(21)14-9-2-3-10(6-9)15(14)19/h4-5,7-10,14-15H,2-3,6,19H2,1H3,(H,20,21). The number of hydrogen-bond donors (Lipinski definition) is 2. The molecule has 0 spiro atoms. The van der Waals surface area contributed by atoms with Gasteiger partial charge in [-0.05, 0) is 56.2 Å². The summed E-state index contributed by atoms with van der Waals surface area (Å²) >= 11 is 0. The van der Waals surface area contributed by atoms with Crippen molar-refractivity contribution in [2.75, 3.05) is 0 Å². The van der Waals surface area contributed by atoms with Gasteiger partial charge in [-0.1, -0.05) is 0 Å². The second-order valence-electron chi connectivity index (χ2n) is 6.33. The first kappa shape index (κ1) is 14.4. The van der Waals surface area contributed by atoms with Crippen molar-refractivity contribution in [3.63, 3.8) is 0 Å². The highest BCUT2D eigenvalue weighted by molar-refractivity contribution is 5.80. The van der Waals surface area contributed by atoms with E-state index in [1.807, 2.05) is 0 Å². The smallest absolute Gasteiger partial charge is 0.225 e. The molecule has 5 atom stereocenters. The maximum absolute atomic E-state index is 13.7. The molecule has 21 heavy (non-hydrogen) atoms. The van der Waals surface area contributed by atoms with Crippen LogP contribution in [0.5, 0.6) is 0 Å². The molecule has 0 heterocycles. The van der Waals surface area contributed by atoms with Crippen LogP contribution in [0.2, 0.25) is 0 Å². The molecule has 0 radical (unpaired) electrons. The summed E-state index contributed by atoms with van der Waals surface area (Å²) in [5.74, 6) is -0.569. The fraction of sp³-hybridized carbons (Fsp3) is 0.562. The molecule has 114 valence electrons. The van der Waals surface area contributed by atoms with Crippen LogP contribution >= 0.6 is 0 Å². The lowest BCUT2D eigenvalue weighted by molar-refractivity contribution is -0.127. The number of amides is 1. The molecule has 0 saturated heterocycles. The highest BCUT2D eigenvalue weighted by Gasteiger charge is 2.49. The van der Waals surface area contributed by atoms with E-state index in [2.05, 4.69) is 5.32 Å². The molecule has 2 fully saturated rings. The predicted octanol–water partition coefficient (Wildman–Crippen LogP) is 2.52. The topological polar surface area (TPSA) is 55.1 Å². The molecular weight excluding hydrogens is 274 g/mol. The van der Waals surface area contributed by atoms with Crippen LogP contribution in [-0.2, 0) is 4.79 Å². The molecule has 3 N–H and O–H groups in total. The summed E-state index contributed by atoms with van der Waals surface area (Å²) in [6, 6.07) is 2.60. The Hall–Kier alpha value is -1.49. The number of carbonyl (C=O) groups is 1. The molecular formula is C16H20F2N2O. The molecule has 1 aromatic carbocycles. The highest BCUT2D eigenvalue weighted by atomic mass is 19.1. The Labute approximate surface area is 122 Å². The summed E-state index contributed by atoms with van der Waals surface area (Å²) in [6.07, 6.45) is 3.16. The molecule has 2 saturated carbocycles. The van der Waals surface area contributed by atoms with E-state index in [0.717, 1.165) is 37.5 Å². The minimum absolute atomic E-state index is 0.103. The minimum Gasteiger partial charge on any atom is -0.349 e. The largest absolute Gasteiger partial charge is 0.349 e. The van der Waals surface area contributed by atoms with Crippen molar-refractivity contribution >= 4 is 5.91 Å². The number of carbonyl (C=O) groups excluding carboxylic acids is 1. The summed E-state index contributed by atoms with van der Waals surface area (Å²) in [6.45, 7) is 1.66. The van der Waals surface area contributed by atoms with Crippen molar-refractivity contribution in [1.29, 1.82) is 0 Å². The number of halogens is 2. The van der Waals surface area contributed by atoms with Gasteiger partial charge in [-0.25, -0.2) is 8.78 Å². The van der Waals surface area contributed by atoms with E-state index in [1.54, 1.807) is 6.92 Å². The fourth-order valence-electron chi connectivity index (χ4n) is 3.96. The second-order valence-corrected chi connectivity index (χ2v) is 6.33. The molecule has 2 bridgehead atoms. The van der Waals surface area contributed by atoms with Crippen molar-refractivity contribution in [2.24, 2.45) is 23.5 Å². The van der Waals surface area contributed by atoms with Gasteiger partial charge in [0.25, 0.3) is 0 Å². The van der Waals surface area contributed by atoms with Crippen LogP contribution in [0, 0.1) is 29.4 Å². The van der Waals surface area contributed by atoms with Crippen molar-refractivity contribution in [2.45, 2.75) is 38.3 Å². The number of nitrogens with one attached hydrogen (secondary N) is 1. The zero-order chi connectivity index (χ0) is 15.1. The van der Waals surface area contributed by atoms with Gasteiger partial charge in [-0.15, -0.1) is 0 Å². The third kappa shape index (κ3) is 2.55. The van der Waals surface area contributed by atoms with E-state index in [4.69, 9.17) is 5.73 Å². The number of nitrogens with two attached hydrogens (primary N) is 1. The first-order valence-electron chi connectivity index (χ1n) is 7.48. The van der Waals surface area contributed by atoms with Gasteiger partial charge in [0.1, 0.15) is 11.6 Å². The summed E-state index contributed by atoms with van der Waals surface area (Å²) in [5, 5.41) is 2.80. The maximum atomic E-state index is 13.7. The molecule has 1 aromatic rings. The Balaban J connectivity index is 1.71. The van der Waals surface area contributed by atoms with E-state index in [0.29, 0.717) is 11.8 Å². The summed E-state index contributed by atoms with van der Waals surface area (Å²) < 4.78 is 27.0. The van der Waals surface area contributed by atoms with Crippen molar-refractivity contribution < 1.29 is 13.6 Å². The van der Waals surface area contributed by atoms with Crippen LogP contribution in [0.25, 0.3) is 0 Å². The average Bonchev–Trinajstić information content (AvgIpc) is 3.01. The Morgan fingerprint density at radius 2 is 2.05 bits per heavy atom. The van der Waals surface area contributed by atoms with Gasteiger partial charge in [-0.2, -0.15) is 0 Å². The monoisotopic (exact) mass is 294 g/mol. The highest BCUT2D eigenvalue weighted by Crippen LogP contribution is 2.47. The van der Waals surface area contributed by atoms with Crippen LogP contribution in [0.3, 0.4) is 0 Å². The summed E-state index contributed by atoms with van der Waals surface area (Å²) in [7, 11) is 0. The maximum Gasteiger partial charge on any atom is 0.225 e. The fourth-order valence-corrected chi connectivity index (χ4v) is 3.96. The second kappa shape index (κ2) is 5.37. The molecule has 0 aliphatic heterocycles. The van der Waals surface area contributed by atoms with Crippen LogP contribution in [0.1, 0.15) is 37.8 Å². The van der Waals surface area contributed by atoms with E-state index < -0.39 is 17.7 Å². The van der Waals surface area contributed by atoms with Crippen molar-refractivity contribution in [3.05, 3.63) is 35.4 Å². The van der Waals surface area contributed by atoms with Gasteiger partial charge in [0, 0.05) is 11.6 Å².